The molecular formula is C19H19N3O2. The van der Waals surface area contributed by atoms with Crippen molar-refractivity contribution in [2.75, 3.05) is 20.8 Å². The molecule has 24 heavy (non-hydrogen) atoms. The minimum Gasteiger partial charge on any atom is -0.497 e. The van der Waals surface area contributed by atoms with E-state index in [1.807, 2.05) is 35.2 Å². The number of ether oxygens (including phenoxy) is 2. The van der Waals surface area contributed by atoms with Gasteiger partial charge in [-0.2, -0.15) is 5.26 Å². The van der Waals surface area contributed by atoms with Crippen molar-refractivity contribution >= 4 is 5.84 Å². The van der Waals surface area contributed by atoms with Crippen LogP contribution < -0.4 is 9.47 Å². The lowest BCUT2D eigenvalue weighted by Crippen LogP contribution is -2.37. The smallest absolute Gasteiger partial charge is 0.128 e. The van der Waals surface area contributed by atoms with Crippen LogP contribution in [-0.2, 0) is 13.0 Å². The highest BCUT2D eigenvalue weighted by atomic mass is 16.5. The number of nitriles is 1. The predicted octanol–water partition coefficient (Wildman–Crippen LogP) is 2.96. The van der Waals surface area contributed by atoms with Crippen LogP contribution in [0.25, 0.3) is 0 Å². The summed E-state index contributed by atoms with van der Waals surface area (Å²) < 4.78 is 10.7. The number of methoxy groups -OCH3 is 2. The molecule has 0 saturated heterocycles. The normalized spacial score (nSPS) is 13.2. The van der Waals surface area contributed by atoms with Gasteiger partial charge in [0.05, 0.1) is 25.9 Å². The van der Waals surface area contributed by atoms with Crippen LogP contribution >= 0.6 is 0 Å². The van der Waals surface area contributed by atoms with Crippen molar-refractivity contribution in [1.82, 2.24) is 4.90 Å². The summed E-state index contributed by atoms with van der Waals surface area (Å²) in [5.41, 5.74) is 3.62. The van der Waals surface area contributed by atoms with Crippen LogP contribution in [0.5, 0.6) is 11.5 Å². The molecule has 5 nitrogen and oxygen atoms in total. The van der Waals surface area contributed by atoms with Gasteiger partial charge in [0.15, 0.2) is 0 Å². The maximum Gasteiger partial charge on any atom is 0.128 e. The molecule has 1 aliphatic rings. The lowest BCUT2D eigenvalue weighted by molar-refractivity contribution is 0.368. The highest BCUT2D eigenvalue weighted by Crippen LogP contribution is 2.28. The molecule has 3 rings (SSSR count). The Hall–Kier alpha value is -3.00. The lowest BCUT2D eigenvalue weighted by atomic mass is 9.96. The van der Waals surface area contributed by atoms with Crippen LogP contribution in [0.15, 0.2) is 36.4 Å². The monoisotopic (exact) mass is 321 g/mol. The molecular weight excluding hydrogens is 302 g/mol. The molecule has 0 radical (unpaired) electrons. The zero-order chi connectivity index (χ0) is 17.1. The number of hydrogen-bond acceptors (Lipinski definition) is 4. The second-order valence-electron chi connectivity index (χ2n) is 5.68. The Morgan fingerprint density at radius 3 is 2.71 bits per heavy atom. The largest absolute Gasteiger partial charge is 0.497 e. The van der Waals surface area contributed by atoms with Crippen molar-refractivity contribution in [2.45, 2.75) is 13.0 Å². The molecule has 1 aliphatic heterocycles. The topological polar surface area (TPSA) is 69.3 Å². The van der Waals surface area contributed by atoms with Gasteiger partial charge in [0.25, 0.3) is 0 Å². The van der Waals surface area contributed by atoms with Crippen LogP contribution in [0, 0.1) is 16.7 Å². The number of benzene rings is 2. The molecule has 122 valence electrons. The summed E-state index contributed by atoms with van der Waals surface area (Å²) in [4.78, 5) is 2.03. The Morgan fingerprint density at radius 1 is 1.17 bits per heavy atom. The van der Waals surface area contributed by atoms with Crippen molar-refractivity contribution in [1.29, 1.82) is 10.7 Å². The van der Waals surface area contributed by atoms with Gasteiger partial charge in [0.1, 0.15) is 17.3 Å². The fourth-order valence-corrected chi connectivity index (χ4v) is 2.98. The summed E-state index contributed by atoms with van der Waals surface area (Å²) in [6.45, 7) is 1.35. The molecule has 0 atom stereocenters. The third-order valence-electron chi connectivity index (χ3n) is 4.31. The standard InChI is InChI=1S/C19H19N3O2/c1-23-16-5-4-15(18(10-16)24-2)12-22-8-7-14-9-13(11-20)3-6-17(14)19(22)21/h3-6,9-10,21H,7-8,12H2,1-2H3. The van der Waals surface area contributed by atoms with E-state index in [4.69, 9.17) is 20.1 Å². The van der Waals surface area contributed by atoms with E-state index in [2.05, 4.69) is 6.07 Å². The fraction of sp³-hybridized carbons (Fsp3) is 0.263. The Bertz CT molecular complexity index is 824. The average molecular weight is 321 g/mol. The number of hydrogen-bond donors (Lipinski definition) is 1. The molecule has 0 aromatic heterocycles. The Kier molecular flexibility index (Phi) is 4.39. The van der Waals surface area contributed by atoms with Gasteiger partial charge in [-0.3, -0.25) is 5.41 Å². The first-order valence-electron chi connectivity index (χ1n) is 7.74. The minimum absolute atomic E-state index is 0.485. The molecule has 0 unspecified atom stereocenters. The third kappa shape index (κ3) is 2.91. The molecule has 0 spiro atoms. The van der Waals surface area contributed by atoms with Crippen LogP contribution in [0.1, 0.15) is 22.3 Å². The summed E-state index contributed by atoms with van der Waals surface area (Å²) in [6.07, 6.45) is 0.825. The molecule has 0 bridgehead atoms. The van der Waals surface area contributed by atoms with Crippen molar-refractivity contribution in [3.63, 3.8) is 0 Å². The van der Waals surface area contributed by atoms with Crippen LogP contribution in [0.3, 0.4) is 0 Å². The summed E-state index contributed by atoms with van der Waals surface area (Å²) in [6, 6.07) is 13.4. The van der Waals surface area contributed by atoms with E-state index in [1.165, 1.54) is 0 Å². The minimum atomic E-state index is 0.485. The first-order chi connectivity index (χ1) is 11.7. The predicted molar refractivity (Wildman–Crippen MR) is 91.6 cm³/mol. The van der Waals surface area contributed by atoms with Crippen molar-refractivity contribution in [3.05, 3.63) is 58.7 Å². The molecule has 0 amide bonds. The van der Waals surface area contributed by atoms with Gasteiger partial charge in [0.2, 0.25) is 0 Å². The number of amidine groups is 1. The zero-order valence-corrected chi connectivity index (χ0v) is 13.8. The van der Waals surface area contributed by atoms with Gasteiger partial charge in [0, 0.05) is 30.3 Å². The van der Waals surface area contributed by atoms with E-state index in [-0.39, 0.29) is 0 Å². The van der Waals surface area contributed by atoms with Crippen LogP contribution in [0.4, 0.5) is 0 Å². The molecule has 0 aliphatic carbocycles. The third-order valence-corrected chi connectivity index (χ3v) is 4.31. The van der Waals surface area contributed by atoms with E-state index < -0.39 is 0 Å². The molecule has 2 aromatic rings. The van der Waals surface area contributed by atoms with Crippen molar-refractivity contribution < 1.29 is 9.47 Å². The second kappa shape index (κ2) is 6.63. The van der Waals surface area contributed by atoms with Gasteiger partial charge >= 0.3 is 0 Å². The summed E-state index contributed by atoms with van der Waals surface area (Å²) in [5, 5.41) is 17.5. The van der Waals surface area contributed by atoms with E-state index in [0.29, 0.717) is 17.9 Å². The fourth-order valence-electron chi connectivity index (χ4n) is 2.98. The van der Waals surface area contributed by atoms with Gasteiger partial charge in [-0.15, -0.1) is 0 Å². The number of rotatable bonds is 4. The molecule has 2 aromatic carbocycles. The van der Waals surface area contributed by atoms with Crippen molar-refractivity contribution in [3.8, 4) is 17.6 Å². The SMILES string of the molecule is COc1ccc(CN2CCc3cc(C#N)ccc3C2=N)c(OC)c1. The number of nitrogens with one attached hydrogen (secondary N) is 1. The van der Waals surface area contributed by atoms with E-state index >= 15 is 0 Å². The maximum atomic E-state index is 9.01. The Balaban J connectivity index is 1.85. The Morgan fingerprint density at radius 2 is 2.00 bits per heavy atom. The number of nitrogens with zero attached hydrogens (tertiary/aromatic N) is 2. The highest BCUT2D eigenvalue weighted by Gasteiger charge is 2.22. The molecule has 0 fully saturated rings. The van der Waals surface area contributed by atoms with E-state index in [9.17, 15) is 0 Å². The van der Waals surface area contributed by atoms with Gasteiger partial charge in [-0.05, 0) is 42.3 Å². The first kappa shape index (κ1) is 15.9. The first-order valence-corrected chi connectivity index (χ1v) is 7.74. The second-order valence-corrected chi connectivity index (χ2v) is 5.68. The quantitative estimate of drug-likeness (QED) is 0.940. The van der Waals surface area contributed by atoms with Crippen LogP contribution in [-0.4, -0.2) is 31.5 Å². The summed E-state index contributed by atoms with van der Waals surface area (Å²) in [5.74, 6) is 1.99. The summed E-state index contributed by atoms with van der Waals surface area (Å²) in [7, 11) is 3.26. The zero-order valence-electron chi connectivity index (χ0n) is 13.8. The van der Waals surface area contributed by atoms with Gasteiger partial charge < -0.3 is 14.4 Å². The molecule has 1 N–H and O–H groups in total. The van der Waals surface area contributed by atoms with E-state index in [0.717, 1.165) is 41.2 Å². The van der Waals surface area contributed by atoms with Gasteiger partial charge in [-0.1, -0.05) is 0 Å². The molecule has 1 heterocycles. The van der Waals surface area contributed by atoms with Gasteiger partial charge in [-0.25, -0.2) is 0 Å². The van der Waals surface area contributed by atoms with E-state index in [1.54, 1.807) is 20.3 Å². The number of fused-ring (bicyclic) bond motifs is 1. The molecule has 5 heteroatoms. The highest BCUT2D eigenvalue weighted by molar-refractivity contribution is 5.98. The maximum absolute atomic E-state index is 9.01. The van der Waals surface area contributed by atoms with Crippen molar-refractivity contribution in [2.24, 2.45) is 0 Å². The lowest BCUT2D eigenvalue weighted by Gasteiger charge is -2.31. The Labute approximate surface area is 141 Å². The van der Waals surface area contributed by atoms with Crippen LogP contribution in [0.2, 0.25) is 0 Å². The summed E-state index contributed by atoms with van der Waals surface area (Å²) >= 11 is 0. The molecule has 0 saturated carbocycles. The average Bonchev–Trinajstić information content (AvgIpc) is 2.63.